The van der Waals surface area contributed by atoms with E-state index < -0.39 is 11.8 Å². The van der Waals surface area contributed by atoms with Crippen molar-refractivity contribution < 1.29 is 13.9 Å². The summed E-state index contributed by atoms with van der Waals surface area (Å²) in [6.45, 7) is 1.54. The molecule has 0 amide bonds. The van der Waals surface area contributed by atoms with Crippen LogP contribution >= 0.6 is 0 Å². The molecule has 6 heteroatoms. The maximum Gasteiger partial charge on any atom is 0.336 e. The summed E-state index contributed by atoms with van der Waals surface area (Å²) >= 11 is 0. The highest BCUT2D eigenvalue weighted by atomic mass is 19.1. The number of nitrogens with zero attached hydrogens (tertiary/aromatic N) is 3. The second kappa shape index (κ2) is 7.54. The number of ether oxygens (including phenoxy) is 1. The minimum absolute atomic E-state index is 0.0706. The highest BCUT2D eigenvalue weighted by molar-refractivity contribution is 5.84. The van der Waals surface area contributed by atoms with Gasteiger partial charge in [0.1, 0.15) is 11.6 Å². The maximum absolute atomic E-state index is 13.5. The molecule has 0 saturated heterocycles. The van der Waals surface area contributed by atoms with E-state index in [1.807, 2.05) is 0 Å². The van der Waals surface area contributed by atoms with Gasteiger partial charge in [0.25, 0.3) is 0 Å². The van der Waals surface area contributed by atoms with Gasteiger partial charge in [-0.15, -0.1) is 5.92 Å². The molecular formula is C13H10FN3O2. The molecule has 0 radical (unpaired) electrons. The fourth-order valence-corrected chi connectivity index (χ4v) is 1.17. The average molecular weight is 259 g/mol. The first-order valence-electron chi connectivity index (χ1n) is 5.27. The van der Waals surface area contributed by atoms with Crippen molar-refractivity contribution in [3.63, 3.8) is 0 Å². The van der Waals surface area contributed by atoms with Crippen LogP contribution in [-0.4, -0.2) is 5.97 Å². The topological polar surface area (TPSA) is 75.1 Å². The second-order valence-electron chi connectivity index (χ2n) is 3.29. The molecule has 0 heterocycles. The summed E-state index contributed by atoms with van der Waals surface area (Å²) in [5.74, 6) is 3.96. The fourth-order valence-electron chi connectivity index (χ4n) is 1.17. The number of benzene rings is 1. The third-order valence-electron chi connectivity index (χ3n) is 1.99. The van der Waals surface area contributed by atoms with E-state index in [1.54, 1.807) is 6.92 Å². The number of esters is 1. The average Bonchev–Trinajstić information content (AvgIpc) is 2.38. The van der Waals surface area contributed by atoms with Gasteiger partial charge in [-0.3, -0.25) is 0 Å². The van der Waals surface area contributed by atoms with E-state index in [0.29, 0.717) is 0 Å². The normalized spacial score (nSPS) is 9.37. The van der Waals surface area contributed by atoms with E-state index in [-0.39, 0.29) is 17.9 Å². The molecule has 0 saturated carbocycles. The minimum Gasteiger partial charge on any atom is -0.423 e. The molecule has 0 aromatic heterocycles. The molecule has 0 aliphatic carbocycles. The van der Waals surface area contributed by atoms with Crippen LogP contribution in [0.25, 0.3) is 10.4 Å². The van der Waals surface area contributed by atoms with Crippen LogP contribution in [0.3, 0.4) is 0 Å². The summed E-state index contributed by atoms with van der Waals surface area (Å²) in [6, 6.07) is 3.87. The lowest BCUT2D eigenvalue weighted by molar-refractivity contribution is -0.128. The third-order valence-corrected chi connectivity index (χ3v) is 1.99. The molecule has 1 aromatic rings. The van der Waals surface area contributed by atoms with Gasteiger partial charge in [0.15, 0.2) is 0 Å². The largest absolute Gasteiger partial charge is 0.423 e. The Morgan fingerprint density at radius 3 is 3.05 bits per heavy atom. The molecule has 0 unspecified atom stereocenters. The van der Waals surface area contributed by atoms with E-state index in [1.165, 1.54) is 18.2 Å². The fraction of sp³-hybridized carbons (Fsp3) is 0.154. The van der Waals surface area contributed by atoms with Gasteiger partial charge in [0, 0.05) is 17.1 Å². The molecule has 0 atom stereocenters. The van der Waals surface area contributed by atoms with Gasteiger partial charge >= 0.3 is 5.97 Å². The van der Waals surface area contributed by atoms with E-state index in [9.17, 15) is 9.18 Å². The molecule has 19 heavy (non-hydrogen) atoms. The van der Waals surface area contributed by atoms with Crippen LogP contribution < -0.4 is 4.74 Å². The Morgan fingerprint density at radius 1 is 1.63 bits per heavy atom. The number of allylic oxidation sites excluding steroid dienone is 1. The van der Waals surface area contributed by atoms with E-state index in [4.69, 9.17) is 10.3 Å². The zero-order valence-electron chi connectivity index (χ0n) is 10.1. The summed E-state index contributed by atoms with van der Waals surface area (Å²) < 4.78 is 18.4. The highest BCUT2D eigenvalue weighted by Crippen LogP contribution is 2.17. The number of azide groups is 1. The number of hydrogen-bond acceptors (Lipinski definition) is 3. The molecule has 0 spiro atoms. The lowest BCUT2D eigenvalue weighted by Gasteiger charge is -2.03. The van der Waals surface area contributed by atoms with Crippen LogP contribution in [0.4, 0.5) is 4.39 Å². The van der Waals surface area contributed by atoms with Crippen LogP contribution in [-0.2, 0) is 11.3 Å². The molecule has 0 fully saturated rings. The van der Waals surface area contributed by atoms with E-state index in [0.717, 1.165) is 12.1 Å². The predicted molar refractivity (Wildman–Crippen MR) is 67.5 cm³/mol. The molecule has 0 bridgehead atoms. The first kappa shape index (κ1) is 14.3. The van der Waals surface area contributed by atoms with Gasteiger partial charge in [-0.25, -0.2) is 9.18 Å². The molecule has 0 aliphatic rings. The summed E-state index contributed by atoms with van der Waals surface area (Å²) in [5.41, 5.74) is 8.37. The van der Waals surface area contributed by atoms with Crippen molar-refractivity contribution in [3.8, 4) is 17.6 Å². The molecular weight excluding hydrogens is 249 g/mol. The van der Waals surface area contributed by atoms with Crippen LogP contribution in [0, 0.1) is 17.7 Å². The third kappa shape index (κ3) is 4.94. The molecule has 1 aromatic carbocycles. The van der Waals surface area contributed by atoms with Gasteiger partial charge in [-0.1, -0.05) is 17.1 Å². The lowest BCUT2D eigenvalue weighted by atomic mass is 10.2. The van der Waals surface area contributed by atoms with Gasteiger partial charge in [0.05, 0.1) is 6.54 Å². The van der Waals surface area contributed by atoms with Crippen molar-refractivity contribution >= 4 is 5.97 Å². The van der Waals surface area contributed by atoms with Gasteiger partial charge < -0.3 is 4.74 Å². The van der Waals surface area contributed by atoms with Gasteiger partial charge in [0.2, 0.25) is 0 Å². The Morgan fingerprint density at radius 2 is 2.42 bits per heavy atom. The Bertz CT molecular complexity index is 608. The van der Waals surface area contributed by atoms with Crippen molar-refractivity contribution in [2.24, 2.45) is 5.11 Å². The van der Waals surface area contributed by atoms with Gasteiger partial charge in [-0.2, -0.15) is 0 Å². The Balaban J connectivity index is 2.74. The number of halogens is 1. The Labute approximate surface area is 109 Å². The quantitative estimate of drug-likeness (QED) is 0.158. The minimum atomic E-state index is -0.648. The van der Waals surface area contributed by atoms with Gasteiger partial charge in [-0.05, 0) is 30.2 Å². The zero-order valence-corrected chi connectivity index (χ0v) is 10.1. The SMILES string of the molecule is CC#CC=CC(=O)Oc1ccc(CN=[N+]=[N-])c(F)c1. The Hall–Kier alpha value is -2.77. The predicted octanol–water partition coefficient (Wildman–Crippen LogP) is 3.12. The number of hydrogen-bond donors (Lipinski definition) is 0. The highest BCUT2D eigenvalue weighted by Gasteiger charge is 2.05. The van der Waals surface area contributed by atoms with E-state index >= 15 is 0 Å². The van der Waals surface area contributed by atoms with Crippen LogP contribution in [0.5, 0.6) is 5.75 Å². The van der Waals surface area contributed by atoms with Crippen LogP contribution in [0.15, 0.2) is 35.5 Å². The molecule has 1 rings (SSSR count). The van der Waals surface area contributed by atoms with Crippen LogP contribution in [0.2, 0.25) is 0 Å². The number of carbonyl (C=O) groups is 1. The Kier molecular flexibility index (Phi) is 5.67. The van der Waals surface area contributed by atoms with Crippen molar-refractivity contribution in [3.05, 3.63) is 52.2 Å². The van der Waals surface area contributed by atoms with Crippen molar-refractivity contribution in [2.45, 2.75) is 13.5 Å². The lowest BCUT2D eigenvalue weighted by Crippen LogP contribution is -2.04. The summed E-state index contributed by atoms with van der Waals surface area (Å²) in [4.78, 5) is 13.8. The molecule has 0 N–H and O–H groups in total. The maximum atomic E-state index is 13.5. The molecule has 0 aliphatic heterocycles. The monoisotopic (exact) mass is 259 g/mol. The zero-order chi connectivity index (χ0) is 14.1. The molecule has 5 nitrogen and oxygen atoms in total. The standard InChI is InChI=1S/C13H10FN3O2/c1-2-3-4-5-13(18)19-11-7-6-10(9-16-17-15)12(14)8-11/h4-8H,9H2,1H3. The number of rotatable bonds is 4. The van der Waals surface area contributed by atoms with Crippen molar-refractivity contribution in [1.82, 2.24) is 0 Å². The summed E-state index contributed by atoms with van der Waals surface area (Å²) in [6.07, 6.45) is 2.48. The second-order valence-corrected chi connectivity index (χ2v) is 3.29. The van der Waals surface area contributed by atoms with Crippen LogP contribution in [0.1, 0.15) is 12.5 Å². The molecule has 96 valence electrons. The van der Waals surface area contributed by atoms with Crippen molar-refractivity contribution in [1.29, 1.82) is 0 Å². The van der Waals surface area contributed by atoms with Crippen molar-refractivity contribution in [2.75, 3.05) is 0 Å². The van der Waals surface area contributed by atoms with E-state index in [2.05, 4.69) is 21.9 Å². The first-order valence-corrected chi connectivity index (χ1v) is 5.27. The first-order chi connectivity index (χ1) is 9.17. The number of carbonyl (C=O) groups excluding carboxylic acids is 1. The smallest absolute Gasteiger partial charge is 0.336 e. The summed E-state index contributed by atoms with van der Waals surface area (Å²) in [7, 11) is 0. The summed E-state index contributed by atoms with van der Waals surface area (Å²) in [5, 5.41) is 3.25.